The van der Waals surface area contributed by atoms with E-state index in [1.807, 2.05) is 37.4 Å². The standard InChI is InChI=1S/C46H54FN11O8S/c1-56-35(19-27-9-10-27)31(20-52-56)41-33(47)21-51-45(55-41)53-29-11-13-30(14-12-29)57(46(65)66-25-28-7-3-2-4-8-28)24-39(61)49-18-6-5-17-48-23-38(60)50-22-36-40-32(26-67-36)43(63)58(44(40)64)34-15-16-37(59)54-42(34)62/h2-4,7-8,20-21,26-27,29-30,34,48H,5-6,9-19,22-25H2,1H3,(H,49,61)(H,50,60)(H,51,53,55)(H,54,59,62). The normalized spacial score (nSPS) is 19.2. The van der Waals surface area contributed by atoms with Gasteiger partial charge < -0.3 is 26.0 Å². The fourth-order valence-electron chi connectivity index (χ4n) is 8.71. The molecule has 0 spiro atoms. The number of fused-ring (bicyclic) bond motifs is 1. The second-order valence-corrected chi connectivity index (χ2v) is 18.4. The van der Waals surface area contributed by atoms with Gasteiger partial charge in [0.2, 0.25) is 29.6 Å². The number of nitrogens with zero attached hydrogens (tertiary/aromatic N) is 6. The number of carbonyl (C=O) groups is 7. The van der Waals surface area contributed by atoms with E-state index in [1.165, 1.54) is 27.8 Å². The molecule has 1 saturated heterocycles. The van der Waals surface area contributed by atoms with Gasteiger partial charge in [0, 0.05) is 53.6 Å². The predicted octanol–water partition coefficient (Wildman–Crippen LogP) is 3.60. The number of aromatic nitrogens is 4. The lowest BCUT2D eigenvalue weighted by atomic mass is 9.90. The molecule has 3 aromatic heterocycles. The fourth-order valence-corrected chi connectivity index (χ4v) is 9.66. The molecule has 3 fully saturated rings. The average Bonchev–Trinajstić information content (AvgIpc) is 3.85. The maximum absolute atomic E-state index is 15.1. The molecule has 1 aromatic carbocycles. The zero-order valence-corrected chi connectivity index (χ0v) is 38.0. The Kier molecular flexibility index (Phi) is 14.9. The Labute approximate surface area is 390 Å². The smallest absolute Gasteiger partial charge is 0.410 e. The summed E-state index contributed by atoms with van der Waals surface area (Å²) in [5.74, 6) is -2.62. The molecule has 0 bridgehead atoms. The Morgan fingerprint density at radius 1 is 0.925 bits per heavy atom. The monoisotopic (exact) mass is 939 g/mol. The average molecular weight is 940 g/mol. The van der Waals surface area contributed by atoms with Crippen molar-refractivity contribution in [1.82, 2.24) is 50.8 Å². The van der Waals surface area contributed by atoms with Crippen LogP contribution in [0.1, 0.15) is 101 Å². The van der Waals surface area contributed by atoms with Crippen LogP contribution in [0.5, 0.6) is 0 Å². The van der Waals surface area contributed by atoms with Crippen molar-refractivity contribution in [3.63, 3.8) is 0 Å². The molecule has 7 amide bonds. The first kappa shape index (κ1) is 46.9. The van der Waals surface area contributed by atoms with E-state index >= 15 is 4.39 Å². The zero-order chi connectivity index (χ0) is 47.0. The van der Waals surface area contributed by atoms with Crippen LogP contribution in [0.2, 0.25) is 0 Å². The summed E-state index contributed by atoms with van der Waals surface area (Å²) in [7, 11) is 1.86. The topological polar surface area (TPSA) is 239 Å². The summed E-state index contributed by atoms with van der Waals surface area (Å²) < 4.78 is 22.6. The van der Waals surface area contributed by atoms with E-state index in [4.69, 9.17) is 4.74 Å². The number of amides is 7. The Bertz CT molecular complexity index is 2500. The molecule has 8 rings (SSSR count). The molecule has 1 unspecified atom stereocenters. The van der Waals surface area contributed by atoms with Crippen LogP contribution in [-0.2, 0) is 50.5 Å². The van der Waals surface area contributed by atoms with Gasteiger partial charge in [-0.3, -0.25) is 48.6 Å². The highest BCUT2D eigenvalue weighted by Gasteiger charge is 2.46. The minimum absolute atomic E-state index is 0.00241. The summed E-state index contributed by atoms with van der Waals surface area (Å²) in [6.07, 6.45) is 9.19. The van der Waals surface area contributed by atoms with E-state index in [2.05, 4.69) is 41.7 Å². The van der Waals surface area contributed by atoms with Crippen molar-refractivity contribution in [2.75, 3.05) is 31.5 Å². The fraction of sp³-hybridized carbons (Fsp3) is 0.478. The van der Waals surface area contributed by atoms with Crippen LogP contribution in [-0.4, -0.2) is 115 Å². The minimum Gasteiger partial charge on any atom is -0.445 e. The number of rotatable bonds is 20. The van der Waals surface area contributed by atoms with Gasteiger partial charge >= 0.3 is 6.09 Å². The minimum atomic E-state index is -1.07. The van der Waals surface area contributed by atoms with E-state index in [0.29, 0.717) is 73.9 Å². The van der Waals surface area contributed by atoms with Crippen LogP contribution in [0.15, 0.2) is 48.1 Å². The van der Waals surface area contributed by atoms with Crippen molar-refractivity contribution in [2.24, 2.45) is 13.0 Å². The number of carbonyl (C=O) groups excluding carboxylic acids is 7. The summed E-state index contributed by atoms with van der Waals surface area (Å²) in [5.41, 5.74) is 2.99. The first-order chi connectivity index (χ1) is 32.4. The SMILES string of the molecule is Cn1ncc(-c2nc(NC3CCC(N(CC(=O)NCCCCNCC(=O)NCc4scc5c4C(=O)N(C4CCC(=O)NC4=O)C5=O)C(=O)OCc4ccccc4)CC3)ncc2F)c1CC1CC1. The Hall–Kier alpha value is -6.61. The number of benzene rings is 1. The molecule has 2 saturated carbocycles. The molecule has 67 heavy (non-hydrogen) atoms. The molecular weight excluding hydrogens is 886 g/mol. The summed E-state index contributed by atoms with van der Waals surface area (Å²) in [6.45, 7) is 0.724. The number of hydrogen-bond donors (Lipinski definition) is 5. The molecule has 1 atom stereocenters. The maximum atomic E-state index is 15.1. The number of hydrogen-bond acceptors (Lipinski definition) is 14. The molecule has 2 aliphatic heterocycles. The van der Waals surface area contributed by atoms with E-state index < -0.39 is 41.6 Å². The first-order valence-electron chi connectivity index (χ1n) is 22.8. The molecule has 21 heteroatoms. The summed E-state index contributed by atoms with van der Waals surface area (Å²) in [6, 6.07) is 7.95. The zero-order valence-electron chi connectivity index (χ0n) is 37.2. The molecular formula is C46H54FN11O8S. The lowest BCUT2D eigenvalue weighted by Crippen LogP contribution is -2.54. The van der Waals surface area contributed by atoms with Gasteiger partial charge in [0.25, 0.3) is 11.8 Å². The number of anilines is 1. The lowest BCUT2D eigenvalue weighted by molar-refractivity contribution is -0.136. The Morgan fingerprint density at radius 2 is 1.70 bits per heavy atom. The van der Waals surface area contributed by atoms with Gasteiger partial charge in [0.05, 0.1) is 36.6 Å². The number of unbranched alkanes of at least 4 members (excludes halogenated alkanes) is 1. The Balaban J connectivity index is 0.764. The molecule has 4 aromatic rings. The van der Waals surface area contributed by atoms with Gasteiger partial charge in [-0.15, -0.1) is 11.3 Å². The van der Waals surface area contributed by atoms with E-state index in [0.717, 1.165) is 35.4 Å². The third kappa shape index (κ3) is 11.5. The van der Waals surface area contributed by atoms with Crippen LogP contribution < -0.4 is 26.6 Å². The number of aryl methyl sites for hydroxylation is 1. The number of thiophene rings is 1. The molecule has 5 N–H and O–H groups in total. The van der Waals surface area contributed by atoms with Crippen LogP contribution in [0.4, 0.5) is 15.1 Å². The number of nitrogens with one attached hydrogen (secondary N) is 5. The number of piperidine rings is 1. The van der Waals surface area contributed by atoms with Crippen LogP contribution in [0, 0.1) is 11.7 Å². The first-order valence-corrected chi connectivity index (χ1v) is 23.6. The van der Waals surface area contributed by atoms with Crippen molar-refractivity contribution in [1.29, 1.82) is 0 Å². The van der Waals surface area contributed by atoms with Crippen molar-refractivity contribution in [2.45, 2.75) is 102 Å². The van der Waals surface area contributed by atoms with Crippen molar-refractivity contribution in [3.05, 3.63) is 81.2 Å². The summed E-state index contributed by atoms with van der Waals surface area (Å²) in [4.78, 5) is 101. The molecule has 19 nitrogen and oxygen atoms in total. The number of halogens is 1. The number of ether oxygens (including phenoxy) is 1. The molecule has 354 valence electrons. The van der Waals surface area contributed by atoms with Gasteiger partial charge in [-0.2, -0.15) is 5.10 Å². The molecule has 4 aliphatic rings. The maximum Gasteiger partial charge on any atom is 0.410 e. The highest BCUT2D eigenvalue weighted by molar-refractivity contribution is 7.10. The van der Waals surface area contributed by atoms with Crippen LogP contribution in [0.3, 0.4) is 0 Å². The van der Waals surface area contributed by atoms with E-state index in [9.17, 15) is 33.6 Å². The highest BCUT2D eigenvalue weighted by Crippen LogP contribution is 2.37. The Morgan fingerprint density at radius 3 is 2.46 bits per heavy atom. The molecule has 5 heterocycles. The quantitative estimate of drug-likeness (QED) is 0.0630. The number of imide groups is 2. The van der Waals surface area contributed by atoms with Crippen LogP contribution >= 0.6 is 11.3 Å². The van der Waals surface area contributed by atoms with Gasteiger partial charge in [0.15, 0.2) is 5.82 Å². The van der Waals surface area contributed by atoms with Crippen LogP contribution in [0.25, 0.3) is 11.3 Å². The van der Waals surface area contributed by atoms with Crippen molar-refractivity contribution >= 4 is 58.8 Å². The van der Waals surface area contributed by atoms with Crippen molar-refractivity contribution in [3.8, 4) is 11.3 Å². The van der Waals surface area contributed by atoms with Crippen molar-refractivity contribution < 1.29 is 42.7 Å². The largest absolute Gasteiger partial charge is 0.445 e. The van der Waals surface area contributed by atoms with Gasteiger partial charge in [0.1, 0.15) is 24.9 Å². The summed E-state index contributed by atoms with van der Waals surface area (Å²) in [5, 5.41) is 20.2. The third-order valence-electron chi connectivity index (χ3n) is 12.6. The van der Waals surface area contributed by atoms with Gasteiger partial charge in [-0.1, -0.05) is 30.3 Å². The second kappa shape index (κ2) is 21.3. The predicted molar refractivity (Wildman–Crippen MR) is 242 cm³/mol. The molecule has 2 aliphatic carbocycles. The van der Waals surface area contributed by atoms with Gasteiger partial charge in [-0.25, -0.2) is 19.2 Å². The van der Waals surface area contributed by atoms with E-state index in [-0.39, 0.29) is 79.8 Å². The third-order valence-corrected chi connectivity index (χ3v) is 13.6. The second-order valence-electron chi connectivity index (χ2n) is 17.4. The molecule has 0 radical (unpaired) electrons. The van der Waals surface area contributed by atoms with E-state index in [1.54, 1.807) is 10.9 Å². The lowest BCUT2D eigenvalue weighted by Gasteiger charge is -2.36. The summed E-state index contributed by atoms with van der Waals surface area (Å²) >= 11 is 1.17. The van der Waals surface area contributed by atoms with Gasteiger partial charge in [-0.05, 0) is 82.2 Å². The highest BCUT2D eigenvalue weighted by atomic mass is 32.1.